The van der Waals surface area contributed by atoms with E-state index in [9.17, 15) is 4.79 Å². The summed E-state index contributed by atoms with van der Waals surface area (Å²) in [5.41, 5.74) is 3.40. The summed E-state index contributed by atoms with van der Waals surface area (Å²) in [5, 5.41) is 3.19. The number of benzene rings is 2. The Labute approximate surface area is 166 Å². The number of hydrogen-bond acceptors (Lipinski definition) is 3. The molecule has 3 rings (SSSR count). The van der Waals surface area contributed by atoms with Gasteiger partial charge in [-0.3, -0.25) is 9.79 Å². The molecule has 0 unspecified atom stereocenters. The molecular weight excluding hydrogens is 352 g/mol. The van der Waals surface area contributed by atoms with E-state index in [0.717, 1.165) is 30.0 Å². The van der Waals surface area contributed by atoms with Crippen molar-refractivity contribution >= 4 is 17.6 Å². The molecule has 0 aromatic heterocycles. The number of carbonyl (C=O) groups excluding carboxylic acids is 1. The molecule has 1 aliphatic rings. The summed E-state index contributed by atoms with van der Waals surface area (Å²) >= 11 is 0. The highest BCUT2D eigenvalue weighted by Crippen LogP contribution is 2.27. The van der Waals surface area contributed by atoms with Crippen LogP contribution in [0.5, 0.6) is 5.75 Å². The van der Waals surface area contributed by atoms with Gasteiger partial charge in [-0.1, -0.05) is 30.3 Å². The highest BCUT2D eigenvalue weighted by atomic mass is 16.5. The fourth-order valence-electron chi connectivity index (χ4n) is 3.44. The molecule has 1 aliphatic heterocycles. The minimum absolute atomic E-state index is 0.0561. The Kier molecular flexibility index (Phi) is 6.53. The largest absolute Gasteiger partial charge is 0.494 e. The molecule has 28 heavy (non-hydrogen) atoms. The van der Waals surface area contributed by atoms with E-state index < -0.39 is 0 Å². The van der Waals surface area contributed by atoms with Gasteiger partial charge in [-0.25, -0.2) is 0 Å². The van der Waals surface area contributed by atoms with Gasteiger partial charge < -0.3 is 19.9 Å². The molecule has 0 saturated heterocycles. The average Bonchev–Trinajstić information content (AvgIpc) is 3.14. The number of anilines is 1. The molecule has 0 radical (unpaired) electrons. The Bertz CT molecular complexity index is 833. The number of fused-ring (bicyclic) bond motifs is 1. The van der Waals surface area contributed by atoms with E-state index >= 15 is 0 Å². The number of ether oxygens (including phenoxy) is 1. The van der Waals surface area contributed by atoms with E-state index in [4.69, 9.17) is 4.74 Å². The van der Waals surface area contributed by atoms with Gasteiger partial charge in [-0.2, -0.15) is 0 Å². The van der Waals surface area contributed by atoms with E-state index in [1.807, 2.05) is 66.2 Å². The standard InChI is InChI=1S/C22H28N4O2/c1-4-28-19-11-9-17(10-12-19)16-25(3)22(23-2)24-15-21(27)26-14-13-18-7-5-6-8-20(18)26/h5-12H,4,13-16H2,1-3H3,(H,23,24). The molecule has 2 aromatic rings. The summed E-state index contributed by atoms with van der Waals surface area (Å²) < 4.78 is 5.48. The molecule has 6 heteroatoms. The monoisotopic (exact) mass is 380 g/mol. The summed E-state index contributed by atoms with van der Waals surface area (Å²) in [6, 6.07) is 16.1. The maximum atomic E-state index is 12.7. The second kappa shape index (κ2) is 9.26. The smallest absolute Gasteiger partial charge is 0.246 e. The first-order chi connectivity index (χ1) is 13.6. The molecule has 0 atom stereocenters. The van der Waals surface area contributed by atoms with Crippen LogP contribution in [0.15, 0.2) is 53.5 Å². The van der Waals surface area contributed by atoms with Crippen molar-refractivity contribution in [2.75, 3.05) is 38.7 Å². The minimum atomic E-state index is 0.0561. The van der Waals surface area contributed by atoms with Gasteiger partial charge in [-0.15, -0.1) is 0 Å². The van der Waals surface area contributed by atoms with Crippen LogP contribution in [0.1, 0.15) is 18.1 Å². The van der Waals surface area contributed by atoms with E-state index in [-0.39, 0.29) is 12.5 Å². The third-order valence-corrected chi connectivity index (χ3v) is 4.81. The highest BCUT2D eigenvalue weighted by Gasteiger charge is 2.24. The molecule has 6 nitrogen and oxygen atoms in total. The van der Waals surface area contributed by atoms with E-state index in [1.165, 1.54) is 5.56 Å². The fraction of sp³-hybridized carbons (Fsp3) is 0.364. The van der Waals surface area contributed by atoms with Crippen LogP contribution in [0.3, 0.4) is 0 Å². The number of carbonyl (C=O) groups is 1. The van der Waals surface area contributed by atoms with Gasteiger partial charge >= 0.3 is 0 Å². The predicted octanol–water partition coefficient (Wildman–Crippen LogP) is 2.68. The maximum Gasteiger partial charge on any atom is 0.246 e. The summed E-state index contributed by atoms with van der Waals surface area (Å²) in [7, 11) is 3.69. The predicted molar refractivity (Wildman–Crippen MR) is 113 cm³/mol. The van der Waals surface area contributed by atoms with Crippen LogP contribution in [0, 0.1) is 0 Å². The fourth-order valence-corrected chi connectivity index (χ4v) is 3.44. The zero-order chi connectivity index (χ0) is 19.9. The first kappa shape index (κ1) is 19.7. The van der Waals surface area contributed by atoms with Gasteiger partial charge in [0.1, 0.15) is 5.75 Å². The Morgan fingerprint density at radius 2 is 1.96 bits per heavy atom. The van der Waals surface area contributed by atoms with Crippen molar-refractivity contribution < 1.29 is 9.53 Å². The summed E-state index contributed by atoms with van der Waals surface area (Å²) in [6.07, 6.45) is 0.911. The number of hydrogen-bond donors (Lipinski definition) is 1. The Balaban J connectivity index is 1.54. The van der Waals surface area contributed by atoms with Crippen LogP contribution in [0.25, 0.3) is 0 Å². The molecule has 0 spiro atoms. The summed E-state index contributed by atoms with van der Waals surface area (Å²) in [5.74, 6) is 1.61. The van der Waals surface area contributed by atoms with Crippen LogP contribution < -0.4 is 15.0 Å². The summed E-state index contributed by atoms with van der Waals surface area (Å²) in [6.45, 7) is 4.27. The Morgan fingerprint density at radius 1 is 1.21 bits per heavy atom. The zero-order valence-corrected chi connectivity index (χ0v) is 16.8. The van der Waals surface area contributed by atoms with Crippen molar-refractivity contribution in [3.63, 3.8) is 0 Å². The SMILES string of the molecule is CCOc1ccc(CN(C)C(=NC)NCC(=O)N2CCc3ccccc32)cc1. The van der Waals surface area contributed by atoms with Crippen molar-refractivity contribution in [3.8, 4) is 5.75 Å². The third kappa shape index (κ3) is 4.63. The van der Waals surface area contributed by atoms with Crippen molar-refractivity contribution in [1.82, 2.24) is 10.2 Å². The number of guanidine groups is 1. The highest BCUT2D eigenvalue weighted by molar-refractivity contribution is 5.98. The molecule has 1 N–H and O–H groups in total. The minimum Gasteiger partial charge on any atom is -0.494 e. The Hall–Kier alpha value is -3.02. The maximum absolute atomic E-state index is 12.7. The van der Waals surface area contributed by atoms with Crippen LogP contribution in [0.4, 0.5) is 5.69 Å². The van der Waals surface area contributed by atoms with Gasteiger partial charge in [0, 0.05) is 32.9 Å². The number of para-hydroxylation sites is 1. The lowest BCUT2D eigenvalue weighted by molar-refractivity contribution is -0.117. The lowest BCUT2D eigenvalue weighted by Gasteiger charge is -2.24. The summed E-state index contributed by atoms with van der Waals surface area (Å²) in [4.78, 5) is 20.8. The second-order valence-corrected chi connectivity index (χ2v) is 6.76. The van der Waals surface area contributed by atoms with Gasteiger partial charge in [-0.05, 0) is 42.7 Å². The van der Waals surface area contributed by atoms with Crippen molar-refractivity contribution in [1.29, 1.82) is 0 Å². The molecule has 1 amide bonds. The van der Waals surface area contributed by atoms with E-state index in [1.54, 1.807) is 7.05 Å². The number of amides is 1. The van der Waals surface area contributed by atoms with Crippen LogP contribution in [-0.2, 0) is 17.8 Å². The van der Waals surface area contributed by atoms with Crippen molar-refractivity contribution in [2.45, 2.75) is 19.9 Å². The van der Waals surface area contributed by atoms with Crippen molar-refractivity contribution in [3.05, 3.63) is 59.7 Å². The normalized spacial score (nSPS) is 13.2. The third-order valence-electron chi connectivity index (χ3n) is 4.81. The molecular formula is C22H28N4O2. The molecule has 2 aromatic carbocycles. The quantitative estimate of drug-likeness (QED) is 0.618. The number of nitrogens with one attached hydrogen (secondary N) is 1. The molecule has 0 fully saturated rings. The number of nitrogens with zero attached hydrogens (tertiary/aromatic N) is 3. The number of aliphatic imine (C=N–C) groups is 1. The molecule has 148 valence electrons. The van der Waals surface area contributed by atoms with Crippen LogP contribution in [0.2, 0.25) is 0 Å². The van der Waals surface area contributed by atoms with Gasteiger partial charge in [0.05, 0.1) is 13.2 Å². The van der Waals surface area contributed by atoms with Crippen LogP contribution >= 0.6 is 0 Å². The van der Waals surface area contributed by atoms with Gasteiger partial charge in [0.15, 0.2) is 5.96 Å². The first-order valence-corrected chi connectivity index (χ1v) is 9.64. The zero-order valence-electron chi connectivity index (χ0n) is 16.8. The number of rotatable bonds is 6. The second-order valence-electron chi connectivity index (χ2n) is 6.76. The van der Waals surface area contributed by atoms with Gasteiger partial charge in [0.25, 0.3) is 0 Å². The van der Waals surface area contributed by atoms with Crippen molar-refractivity contribution in [2.24, 2.45) is 4.99 Å². The van der Waals surface area contributed by atoms with E-state index in [0.29, 0.717) is 19.1 Å². The lowest BCUT2D eigenvalue weighted by Crippen LogP contribution is -2.44. The lowest BCUT2D eigenvalue weighted by atomic mass is 10.2. The molecule has 0 saturated carbocycles. The van der Waals surface area contributed by atoms with Crippen LogP contribution in [-0.4, -0.2) is 50.6 Å². The van der Waals surface area contributed by atoms with Gasteiger partial charge in [0.2, 0.25) is 5.91 Å². The Morgan fingerprint density at radius 3 is 2.68 bits per heavy atom. The van der Waals surface area contributed by atoms with E-state index in [2.05, 4.69) is 16.4 Å². The molecule has 0 aliphatic carbocycles. The first-order valence-electron chi connectivity index (χ1n) is 9.64. The molecule has 0 bridgehead atoms. The average molecular weight is 380 g/mol. The topological polar surface area (TPSA) is 57.2 Å². The molecule has 1 heterocycles.